The van der Waals surface area contributed by atoms with Crippen LogP contribution in [0.25, 0.3) is 22.0 Å². The van der Waals surface area contributed by atoms with E-state index in [-0.39, 0.29) is 50.0 Å². The summed E-state index contributed by atoms with van der Waals surface area (Å²) in [7, 11) is 0. The van der Waals surface area contributed by atoms with Crippen LogP contribution in [0, 0.1) is 5.92 Å². The normalized spacial score (nSPS) is 17.7. The molecule has 2 unspecified atom stereocenters. The summed E-state index contributed by atoms with van der Waals surface area (Å²) in [5, 5.41) is 30.8. The number of carbonyl (C=O) groups is 1. The van der Waals surface area contributed by atoms with Crippen molar-refractivity contribution in [1.29, 1.82) is 0 Å². The second-order valence-corrected chi connectivity index (χ2v) is 10.4. The van der Waals surface area contributed by atoms with Gasteiger partial charge in [-0.3, -0.25) is 14.5 Å². The van der Waals surface area contributed by atoms with Gasteiger partial charge in [-0.1, -0.05) is 11.6 Å². The Morgan fingerprint density at radius 1 is 1.24 bits per heavy atom. The first kappa shape index (κ1) is 27.3. The Kier molecular flexibility index (Phi) is 8.08. The van der Waals surface area contributed by atoms with Crippen molar-refractivity contribution in [2.24, 2.45) is 5.92 Å². The molecule has 12 heteroatoms. The number of alkyl halides is 3. The molecular weight excluding hydrogens is 533 g/mol. The number of carboxylic acids is 1. The minimum Gasteiger partial charge on any atom is -0.507 e. The molecule has 0 radical (unpaired) electrons. The van der Waals surface area contributed by atoms with Gasteiger partial charge in [0.05, 0.1) is 22.5 Å². The highest BCUT2D eigenvalue weighted by molar-refractivity contribution is 7.99. The van der Waals surface area contributed by atoms with Crippen LogP contribution in [-0.4, -0.2) is 62.7 Å². The highest BCUT2D eigenvalue weighted by atomic mass is 35.5. The summed E-state index contributed by atoms with van der Waals surface area (Å²) < 4.78 is 40.5. The number of phenolic OH excluding ortho intramolecular Hbond substituents is 1. The molecule has 0 bridgehead atoms. The van der Waals surface area contributed by atoms with Gasteiger partial charge in [0.1, 0.15) is 5.75 Å². The van der Waals surface area contributed by atoms with E-state index < -0.39 is 35.3 Å². The number of thioether (sulfide) groups is 1. The fourth-order valence-corrected chi connectivity index (χ4v) is 5.70. The lowest BCUT2D eigenvalue weighted by Gasteiger charge is -2.32. The van der Waals surface area contributed by atoms with Crippen LogP contribution in [0.3, 0.4) is 0 Å². The second-order valence-electron chi connectivity index (χ2n) is 8.98. The molecule has 4 N–H and O–H groups in total. The van der Waals surface area contributed by atoms with E-state index in [9.17, 15) is 38.1 Å². The third-order valence-electron chi connectivity index (χ3n) is 6.27. The molecule has 2 atom stereocenters. The molecule has 1 saturated heterocycles. The number of rotatable bonds is 7. The van der Waals surface area contributed by atoms with Crippen molar-refractivity contribution in [3.63, 3.8) is 0 Å². The number of phenols is 1. The maximum Gasteiger partial charge on any atom is 0.416 e. The van der Waals surface area contributed by atoms with Crippen LogP contribution in [0.15, 0.2) is 46.1 Å². The second kappa shape index (κ2) is 10.9. The van der Waals surface area contributed by atoms with Gasteiger partial charge in [0.2, 0.25) is 0 Å². The zero-order valence-corrected chi connectivity index (χ0v) is 21.0. The lowest BCUT2D eigenvalue weighted by molar-refractivity contribution is -0.143. The molecule has 1 aromatic heterocycles. The number of fused-ring (bicyclic) bond motifs is 1. The summed E-state index contributed by atoms with van der Waals surface area (Å²) in [6, 6.07) is 6.99. The van der Waals surface area contributed by atoms with Gasteiger partial charge in [-0.2, -0.15) is 13.2 Å². The summed E-state index contributed by atoms with van der Waals surface area (Å²) in [5.41, 5.74) is -1.22. The molecule has 1 aliphatic heterocycles. The monoisotopic (exact) mass is 556 g/mol. The molecule has 0 spiro atoms. The summed E-state index contributed by atoms with van der Waals surface area (Å²) >= 11 is 7.06. The van der Waals surface area contributed by atoms with Gasteiger partial charge in [-0.05, 0) is 55.8 Å². The number of β-amino-alcohol motifs (C(OH)–C–C–N with tert-alkyl or cyclic N) is 1. The topological polar surface area (TPSA) is 114 Å². The largest absolute Gasteiger partial charge is 0.507 e. The van der Waals surface area contributed by atoms with Crippen LogP contribution in [-0.2, 0) is 11.0 Å². The van der Waals surface area contributed by atoms with Crippen LogP contribution in [0.1, 0.15) is 18.4 Å². The number of pyridine rings is 1. The number of likely N-dealkylation sites (tertiary alicyclic amines) is 1. The lowest BCUT2D eigenvalue weighted by atomic mass is 9.98. The maximum atomic E-state index is 13.5. The zero-order chi connectivity index (χ0) is 26.9. The standard InChI is InChI=1S/C25H24ClF3N2O5S/c26-15-4-6-20(33)18(9-15)21-17-8-14(25(27,28)29)3-5-19(17)30-23(34)22(21)37-12-16(32)11-31-7-1-2-13(10-31)24(35)36/h3-6,8-9,13,16,32-33H,1-2,7,10-12H2,(H,30,34)(H,35,36). The first-order chi connectivity index (χ1) is 17.4. The third-order valence-corrected chi connectivity index (χ3v) is 7.73. The number of nitrogens with zero attached hydrogens (tertiary/aromatic N) is 1. The summed E-state index contributed by atoms with van der Waals surface area (Å²) in [5.74, 6) is -1.67. The van der Waals surface area contributed by atoms with Crippen molar-refractivity contribution in [3.05, 3.63) is 57.3 Å². The number of H-pyrrole nitrogens is 1. The number of aromatic hydroxyl groups is 1. The lowest BCUT2D eigenvalue weighted by Crippen LogP contribution is -2.43. The fraction of sp³-hybridized carbons (Fsp3) is 0.360. The number of aliphatic hydroxyl groups excluding tert-OH is 1. The SMILES string of the molecule is O=C(O)C1CCCN(CC(O)CSc2c(-c3cc(Cl)ccc3O)c3cc(C(F)(F)F)ccc3[nH]c2=O)C1. The molecular formula is C25H24ClF3N2O5S. The zero-order valence-electron chi connectivity index (χ0n) is 19.4. The van der Waals surface area contributed by atoms with E-state index in [1.807, 2.05) is 4.90 Å². The van der Waals surface area contributed by atoms with Gasteiger partial charge in [0.15, 0.2) is 0 Å². The Bertz CT molecular complexity index is 1380. The highest BCUT2D eigenvalue weighted by Gasteiger charge is 2.32. The van der Waals surface area contributed by atoms with Crippen molar-refractivity contribution in [3.8, 4) is 16.9 Å². The molecule has 1 fully saturated rings. The Morgan fingerprint density at radius 3 is 2.70 bits per heavy atom. The minimum atomic E-state index is -4.64. The fourth-order valence-electron chi connectivity index (χ4n) is 4.52. The molecule has 4 rings (SSSR count). The number of aliphatic carboxylic acids is 1. The molecule has 1 aliphatic rings. The third kappa shape index (κ3) is 6.23. The van der Waals surface area contributed by atoms with Gasteiger partial charge >= 0.3 is 12.1 Å². The van der Waals surface area contributed by atoms with Crippen LogP contribution >= 0.6 is 23.4 Å². The van der Waals surface area contributed by atoms with Gasteiger partial charge in [0, 0.05) is 45.9 Å². The average molecular weight is 557 g/mol. The van der Waals surface area contributed by atoms with Gasteiger partial charge < -0.3 is 20.3 Å². The van der Waals surface area contributed by atoms with E-state index >= 15 is 0 Å². The number of aliphatic hydroxyl groups is 1. The quantitative estimate of drug-likeness (QED) is 0.308. The Labute approximate surface area is 218 Å². The molecule has 2 heterocycles. The molecule has 0 amide bonds. The van der Waals surface area contributed by atoms with E-state index in [0.717, 1.165) is 30.0 Å². The van der Waals surface area contributed by atoms with Crippen LogP contribution in [0.4, 0.5) is 13.2 Å². The molecule has 0 aliphatic carbocycles. The number of aromatic nitrogens is 1. The Hall–Kier alpha value is -2.73. The number of aromatic amines is 1. The number of piperidine rings is 1. The first-order valence-electron chi connectivity index (χ1n) is 11.5. The van der Waals surface area contributed by atoms with E-state index in [1.54, 1.807) is 0 Å². The van der Waals surface area contributed by atoms with Gasteiger partial charge in [-0.25, -0.2) is 0 Å². The highest BCUT2D eigenvalue weighted by Crippen LogP contribution is 2.42. The van der Waals surface area contributed by atoms with Crippen molar-refractivity contribution < 1.29 is 33.3 Å². The average Bonchev–Trinajstić information content (AvgIpc) is 2.83. The first-order valence-corrected chi connectivity index (χ1v) is 12.8. The molecule has 3 aromatic rings. The van der Waals surface area contributed by atoms with Crippen molar-refractivity contribution >= 4 is 40.2 Å². The molecule has 2 aromatic carbocycles. The predicted molar refractivity (Wildman–Crippen MR) is 135 cm³/mol. The number of benzene rings is 2. The van der Waals surface area contributed by atoms with Crippen LogP contribution < -0.4 is 5.56 Å². The predicted octanol–water partition coefficient (Wildman–Crippen LogP) is 4.82. The van der Waals surface area contributed by atoms with Crippen LogP contribution in [0.5, 0.6) is 5.75 Å². The number of hydrogen-bond acceptors (Lipinski definition) is 6. The van der Waals surface area contributed by atoms with E-state index in [1.165, 1.54) is 18.2 Å². The van der Waals surface area contributed by atoms with Gasteiger partial charge in [0.25, 0.3) is 5.56 Å². The van der Waals surface area contributed by atoms with Gasteiger partial charge in [-0.15, -0.1) is 11.8 Å². The van der Waals surface area contributed by atoms with Crippen molar-refractivity contribution in [2.45, 2.75) is 30.0 Å². The van der Waals surface area contributed by atoms with E-state index in [4.69, 9.17) is 11.6 Å². The smallest absolute Gasteiger partial charge is 0.416 e. The number of halogens is 4. The summed E-state index contributed by atoms with van der Waals surface area (Å²) in [6.45, 7) is 1.11. The molecule has 198 valence electrons. The number of nitrogens with one attached hydrogen (secondary N) is 1. The number of carboxylic acid groups (broad SMARTS) is 1. The van der Waals surface area contributed by atoms with Crippen molar-refractivity contribution in [1.82, 2.24) is 9.88 Å². The molecule has 0 saturated carbocycles. The van der Waals surface area contributed by atoms with E-state index in [0.29, 0.717) is 25.9 Å². The van der Waals surface area contributed by atoms with Crippen molar-refractivity contribution in [2.75, 3.05) is 25.4 Å². The molecule has 7 nitrogen and oxygen atoms in total. The number of hydrogen-bond donors (Lipinski definition) is 4. The van der Waals surface area contributed by atoms with E-state index in [2.05, 4.69) is 4.98 Å². The summed E-state index contributed by atoms with van der Waals surface area (Å²) in [6.07, 6.45) is -4.34. The molecule has 37 heavy (non-hydrogen) atoms. The summed E-state index contributed by atoms with van der Waals surface area (Å²) in [4.78, 5) is 28.8. The Balaban J connectivity index is 1.71. The Morgan fingerprint density at radius 2 is 2.00 bits per heavy atom. The maximum absolute atomic E-state index is 13.5. The minimum absolute atomic E-state index is 0.0100. The van der Waals surface area contributed by atoms with Crippen LogP contribution in [0.2, 0.25) is 5.02 Å².